The quantitative estimate of drug-likeness (QED) is 0.626. The van der Waals surface area contributed by atoms with Crippen LogP contribution in [0.1, 0.15) is 18.4 Å². The normalized spacial score (nSPS) is 16.9. The molecule has 0 aromatic heterocycles. The number of guanidine groups is 1. The highest BCUT2D eigenvalue weighted by atomic mass is 35.5. The molecular weight excluding hydrogens is 284 g/mol. The van der Waals surface area contributed by atoms with E-state index in [-0.39, 0.29) is 0 Å². The zero-order valence-electron chi connectivity index (χ0n) is 13.1. The predicted octanol–water partition coefficient (Wildman–Crippen LogP) is 2.35. The molecule has 1 saturated carbocycles. The number of likely N-dealkylation sites (N-methyl/N-ethyl adjacent to an activating group) is 1. The van der Waals surface area contributed by atoms with E-state index in [0.717, 1.165) is 35.6 Å². The number of rotatable bonds is 6. The van der Waals surface area contributed by atoms with Gasteiger partial charge in [0.2, 0.25) is 0 Å². The molecule has 116 valence electrons. The van der Waals surface area contributed by atoms with Crippen LogP contribution in [0.3, 0.4) is 0 Å². The minimum Gasteiger partial charge on any atom is -0.355 e. The lowest BCUT2D eigenvalue weighted by Crippen LogP contribution is -2.45. The van der Waals surface area contributed by atoms with Gasteiger partial charge in [-0.15, -0.1) is 0 Å². The summed E-state index contributed by atoms with van der Waals surface area (Å²) < 4.78 is 0. The number of hydrogen-bond donors (Lipinski definition) is 2. The fourth-order valence-electron chi connectivity index (χ4n) is 2.51. The van der Waals surface area contributed by atoms with Crippen molar-refractivity contribution in [1.82, 2.24) is 15.5 Å². The van der Waals surface area contributed by atoms with Gasteiger partial charge in [0.15, 0.2) is 5.96 Å². The van der Waals surface area contributed by atoms with Crippen molar-refractivity contribution in [3.63, 3.8) is 0 Å². The average molecular weight is 309 g/mol. The molecular formula is C16H25ClN4. The molecule has 1 aliphatic carbocycles. The molecule has 4 nitrogen and oxygen atoms in total. The summed E-state index contributed by atoms with van der Waals surface area (Å²) in [7, 11) is 6.09. The summed E-state index contributed by atoms with van der Waals surface area (Å²) in [5.74, 6) is 1.67. The molecule has 2 rings (SSSR count). The Morgan fingerprint density at radius 1 is 1.38 bits per heavy atom. The SMILES string of the molecule is CN=C(NCc1cccc(Cl)c1)NCC(C1CC1)N(C)C. The maximum Gasteiger partial charge on any atom is 0.191 e. The number of benzene rings is 1. The van der Waals surface area contributed by atoms with Crippen LogP contribution in [0.15, 0.2) is 29.3 Å². The van der Waals surface area contributed by atoms with E-state index in [2.05, 4.69) is 40.7 Å². The maximum absolute atomic E-state index is 5.99. The van der Waals surface area contributed by atoms with Gasteiger partial charge in [0.1, 0.15) is 0 Å². The number of aliphatic imine (C=N–C) groups is 1. The minimum atomic E-state index is 0.578. The highest BCUT2D eigenvalue weighted by Crippen LogP contribution is 2.34. The van der Waals surface area contributed by atoms with Crippen LogP contribution in [-0.2, 0) is 6.54 Å². The summed E-state index contributed by atoms with van der Waals surface area (Å²) in [6, 6.07) is 8.45. The zero-order valence-corrected chi connectivity index (χ0v) is 13.8. The van der Waals surface area contributed by atoms with Crippen molar-refractivity contribution >= 4 is 17.6 Å². The van der Waals surface area contributed by atoms with Gasteiger partial charge in [0.05, 0.1) is 0 Å². The van der Waals surface area contributed by atoms with E-state index in [1.165, 1.54) is 12.8 Å². The lowest BCUT2D eigenvalue weighted by molar-refractivity contribution is 0.264. The molecule has 0 radical (unpaired) electrons. The van der Waals surface area contributed by atoms with Gasteiger partial charge >= 0.3 is 0 Å². The average Bonchev–Trinajstić information content (AvgIpc) is 3.27. The molecule has 1 unspecified atom stereocenters. The Labute approximate surface area is 132 Å². The second-order valence-corrected chi connectivity index (χ2v) is 6.24. The summed E-state index contributed by atoms with van der Waals surface area (Å²) in [5, 5.41) is 7.51. The summed E-state index contributed by atoms with van der Waals surface area (Å²) in [6.07, 6.45) is 2.69. The van der Waals surface area contributed by atoms with Crippen LogP contribution < -0.4 is 10.6 Å². The maximum atomic E-state index is 5.99. The monoisotopic (exact) mass is 308 g/mol. The van der Waals surface area contributed by atoms with Crippen molar-refractivity contribution in [2.24, 2.45) is 10.9 Å². The van der Waals surface area contributed by atoms with Crippen LogP contribution in [0.4, 0.5) is 0 Å². The smallest absolute Gasteiger partial charge is 0.191 e. The Morgan fingerprint density at radius 3 is 2.71 bits per heavy atom. The highest BCUT2D eigenvalue weighted by molar-refractivity contribution is 6.30. The second-order valence-electron chi connectivity index (χ2n) is 5.80. The third-order valence-electron chi connectivity index (χ3n) is 3.88. The van der Waals surface area contributed by atoms with Crippen LogP contribution in [0.25, 0.3) is 0 Å². The van der Waals surface area contributed by atoms with Crippen LogP contribution in [0.5, 0.6) is 0 Å². The van der Waals surface area contributed by atoms with Crippen molar-refractivity contribution in [2.45, 2.75) is 25.4 Å². The summed E-state index contributed by atoms with van der Waals surface area (Å²) in [4.78, 5) is 6.58. The fraction of sp³-hybridized carbons (Fsp3) is 0.562. The summed E-state index contributed by atoms with van der Waals surface area (Å²) in [6.45, 7) is 1.64. The van der Waals surface area contributed by atoms with E-state index in [4.69, 9.17) is 11.6 Å². The van der Waals surface area contributed by atoms with E-state index in [1.807, 2.05) is 18.2 Å². The molecule has 0 bridgehead atoms. The Balaban J connectivity index is 1.80. The van der Waals surface area contributed by atoms with E-state index >= 15 is 0 Å². The fourth-order valence-corrected chi connectivity index (χ4v) is 2.72. The van der Waals surface area contributed by atoms with E-state index in [9.17, 15) is 0 Å². The molecule has 0 saturated heterocycles. The molecule has 1 atom stereocenters. The Bertz CT molecular complexity index is 481. The highest BCUT2D eigenvalue weighted by Gasteiger charge is 2.32. The van der Waals surface area contributed by atoms with Crippen LogP contribution >= 0.6 is 11.6 Å². The molecule has 1 fully saturated rings. The van der Waals surface area contributed by atoms with Gasteiger partial charge in [0, 0.05) is 31.2 Å². The minimum absolute atomic E-state index is 0.578. The predicted molar refractivity (Wildman–Crippen MR) is 89.9 cm³/mol. The summed E-state index contributed by atoms with van der Waals surface area (Å²) in [5.41, 5.74) is 1.15. The molecule has 0 heterocycles. The molecule has 0 spiro atoms. The van der Waals surface area contributed by atoms with E-state index < -0.39 is 0 Å². The molecule has 1 aliphatic rings. The van der Waals surface area contributed by atoms with Gasteiger partial charge in [-0.2, -0.15) is 0 Å². The Morgan fingerprint density at radius 2 is 2.14 bits per heavy atom. The first-order valence-corrected chi connectivity index (χ1v) is 7.83. The first-order chi connectivity index (χ1) is 10.1. The third-order valence-corrected chi connectivity index (χ3v) is 4.12. The van der Waals surface area contributed by atoms with E-state index in [0.29, 0.717) is 6.04 Å². The van der Waals surface area contributed by atoms with Crippen LogP contribution in [0.2, 0.25) is 5.02 Å². The van der Waals surface area contributed by atoms with Crippen LogP contribution in [-0.4, -0.2) is 44.6 Å². The molecule has 1 aromatic carbocycles. The molecule has 0 amide bonds. The van der Waals surface area contributed by atoms with Gasteiger partial charge in [-0.05, 0) is 50.6 Å². The molecule has 0 aliphatic heterocycles. The number of halogens is 1. The van der Waals surface area contributed by atoms with Crippen molar-refractivity contribution in [2.75, 3.05) is 27.7 Å². The van der Waals surface area contributed by atoms with Gasteiger partial charge < -0.3 is 15.5 Å². The number of hydrogen-bond acceptors (Lipinski definition) is 2. The van der Waals surface area contributed by atoms with E-state index in [1.54, 1.807) is 7.05 Å². The third kappa shape index (κ3) is 5.21. The van der Waals surface area contributed by atoms with Crippen molar-refractivity contribution in [3.05, 3.63) is 34.9 Å². The zero-order chi connectivity index (χ0) is 15.2. The Hall–Kier alpha value is -1.26. The van der Waals surface area contributed by atoms with Crippen LogP contribution in [0, 0.1) is 5.92 Å². The van der Waals surface area contributed by atoms with Gasteiger partial charge in [-0.3, -0.25) is 4.99 Å². The molecule has 1 aromatic rings. The number of nitrogens with one attached hydrogen (secondary N) is 2. The standard InChI is InChI=1S/C16H25ClN4/c1-18-16(19-10-12-5-4-6-14(17)9-12)20-11-15(21(2)3)13-7-8-13/h4-6,9,13,15H,7-8,10-11H2,1-3H3,(H2,18,19,20). The van der Waals surface area contributed by atoms with Gasteiger partial charge in [-0.1, -0.05) is 23.7 Å². The lowest BCUT2D eigenvalue weighted by Gasteiger charge is -2.25. The Kier molecular flexibility index (Phi) is 5.88. The first kappa shape index (κ1) is 16.1. The largest absolute Gasteiger partial charge is 0.355 e. The molecule has 2 N–H and O–H groups in total. The van der Waals surface area contributed by atoms with Gasteiger partial charge in [-0.25, -0.2) is 0 Å². The van der Waals surface area contributed by atoms with Gasteiger partial charge in [0.25, 0.3) is 0 Å². The molecule has 21 heavy (non-hydrogen) atoms. The number of nitrogens with zero attached hydrogens (tertiary/aromatic N) is 2. The molecule has 5 heteroatoms. The van der Waals surface area contributed by atoms with Crippen molar-refractivity contribution < 1.29 is 0 Å². The second kappa shape index (κ2) is 7.66. The van der Waals surface area contributed by atoms with Crippen molar-refractivity contribution in [3.8, 4) is 0 Å². The first-order valence-electron chi connectivity index (χ1n) is 7.45. The van der Waals surface area contributed by atoms with Crippen molar-refractivity contribution in [1.29, 1.82) is 0 Å². The summed E-state index contributed by atoms with van der Waals surface area (Å²) >= 11 is 5.99. The lowest BCUT2D eigenvalue weighted by atomic mass is 10.1. The topological polar surface area (TPSA) is 39.7 Å².